The third-order valence-corrected chi connectivity index (χ3v) is 3.81. The van der Waals surface area contributed by atoms with Crippen molar-refractivity contribution in [3.05, 3.63) is 12.4 Å². The van der Waals surface area contributed by atoms with Gasteiger partial charge in [-0.2, -0.15) is 5.10 Å². The van der Waals surface area contributed by atoms with Crippen molar-refractivity contribution in [3.8, 4) is 0 Å². The fourth-order valence-electron chi connectivity index (χ4n) is 2.67. The van der Waals surface area contributed by atoms with Gasteiger partial charge in [-0.05, 0) is 32.4 Å². The first kappa shape index (κ1) is 13.4. The molecule has 0 bridgehead atoms. The van der Waals surface area contributed by atoms with E-state index in [1.807, 2.05) is 10.9 Å². The molecule has 2 saturated heterocycles. The number of piperidine rings is 1. The smallest absolute Gasteiger partial charge is 0.319 e. The van der Waals surface area contributed by atoms with Gasteiger partial charge in [0, 0.05) is 12.8 Å². The number of anilines is 1. The van der Waals surface area contributed by atoms with Crippen LogP contribution in [-0.2, 0) is 4.74 Å². The van der Waals surface area contributed by atoms with Crippen molar-refractivity contribution in [2.45, 2.75) is 31.3 Å². The van der Waals surface area contributed by atoms with Crippen molar-refractivity contribution in [1.82, 2.24) is 20.4 Å². The van der Waals surface area contributed by atoms with E-state index in [0.29, 0.717) is 12.6 Å². The van der Waals surface area contributed by atoms with Crippen molar-refractivity contribution >= 4 is 11.7 Å². The van der Waals surface area contributed by atoms with E-state index >= 15 is 0 Å². The minimum atomic E-state index is -0.189. The number of amides is 2. The molecule has 1 atom stereocenters. The van der Waals surface area contributed by atoms with Crippen LogP contribution in [0.3, 0.4) is 0 Å². The lowest BCUT2D eigenvalue weighted by Gasteiger charge is -2.22. The molecule has 3 rings (SSSR count). The van der Waals surface area contributed by atoms with E-state index in [0.717, 1.165) is 44.6 Å². The van der Waals surface area contributed by atoms with E-state index < -0.39 is 0 Å². The average molecular weight is 279 g/mol. The van der Waals surface area contributed by atoms with Gasteiger partial charge in [-0.25, -0.2) is 4.79 Å². The predicted molar refractivity (Wildman–Crippen MR) is 74.7 cm³/mol. The van der Waals surface area contributed by atoms with Crippen LogP contribution in [0.1, 0.15) is 25.3 Å². The largest absolute Gasteiger partial charge is 0.379 e. The summed E-state index contributed by atoms with van der Waals surface area (Å²) in [5.41, 5.74) is 0.736. The first-order valence-corrected chi connectivity index (χ1v) is 7.21. The molecule has 0 radical (unpaired) electrons. The number of urea groups is 1. The number of rotatable bonds is 3. The van der Waals surface area contributed by atoms with Gasteiger partial charge >= 0.3 is 6.03 Å². The zero-order valence-corrected chi connectivity index (χ0v) is 11.5. The van der Waals surface area contributed by atoms with Crippen LogP contribution in [0.5, 0.6) is 0 Å². The molecule has 2 amide bonds. The fraction of sp³-hybridized carbons (Fsp3) is 0.692. The van der Waals surface area contributed by atoms with E-state index in [1.165, 1.54) is 0 Å². The summed E-state index contributed by atoms with van der Waals surface area (Å²) in [4.78, 5) is 11.8. The van der Waals surface area contributed by atoms with Gasteiger partial charge in [0.2, 0.25) is 0 Å². The lowest BCUT2D eigenvalue weighted by atomic mass is 10.1. The second kappa shape index (κ2) is 6.23. The number of nitrogens with one attached hydrogen (secondary N) is 3. The highest BCUT2D eigenvalue weighted by Crippen LogP contribution is 2.19. The summed E-state index contributed by atoms with van der Waals surface area (Å²) in [5, 5.41) is 13.4. The third kappa shape index (κ3) is 3.29. The Morgan fingerprint density at radius 3 is 3.00 bits per heavy atom. The first-order valence-electron chi connectivity index (χ1n) is 7.21. The van der Waals surface area contributed by atoms with Crippen LogP contribution < -0.4 is 16.0 Å². The molecule has 3 heterocycles. The maximum absolute atomic E-state index is 11.8. The highest BCUT2D eigenvalue weighted by Gasteiger charge is 2.19. The summed E-state index contributed by atoms with van der Waals surface area (Å²) in [7, 11) is 0. The molecular formula is C13H21N5O2. The molecule has 2 aliphatic heterocycles. The molecule has 0 aromatic carbocycles. The molecule has 1 aromatic rings. The van der Waals surface area contributed by atoms with Gasteiger partial charge < -0.3 is 20.7 Å². The van der Waals surface area contributed by atoms with Crippen molar-refractivity contribution in [1.29, 1.82) is 0 Å². The summed E-state index contributed by atoms with van der Waals surface area (Å²) < 4.78 is 7.18. The Morgan fingerprint density at radius 1 is 1.40 bits per heavy atom. The fourth-order valence-corrected chi connectivity index (χ4v) is 2.67. The van der Waals surface area contributed by atoms with Crippen LogP contribution in [-0.4, -0.2) is 48.2 Å². The van der Waals surface area contributed by atoms with Gasteiger partial charge in [0.05, 0.1) is 30.6 Å². The Bertz CT molecular complexity index is 449. The number of nitrogens with zero attached hydrogens (tertiary/aromatic N) is 2. The Kier molecular flexibility index (Phi) is 4.17. The molecule has 0 spiro atoms. The molecule has 20 heavy (non-hydrogen) atoms. The van der Waals surface area contributed by atoms with Gasteiger partial charge in [-0.1, -0.05) is 0 Å². The summed E-state index contributed by atoms with van der Waals surface area (Å²) >= 11 is 0. The monoisotopic (exact) mass is 279 g/mol. The number of carbonyl (C=O) groups is 1. The summed E-state index contributed by atoms with van der Waals surface area (Å²) in [5.74, 6) is 0. The second-order valence-corrected chi connectivity index (χ2v) is 5.35. The average Bonchev–Trinajstić information content (AvgIpc) is 3.11. The summed E-state index contributed by atoms with van der Waals surface area (Å²) in [6.45, 7) is 3.37. The molecule has 1 unspecified atom stereocenters. The van der Waals surface area contributed by atoms with E-state index in [4.69, 9.17) is 4.74 Å². The van der Waals surface area contributed by atoms with Crippen LogP contribution in [0, 0.1) is 0 Å². The lowest BCUT2D eigenvalue weighted by molar-refractivity contribution is 0.189. The van der Waals surface area contributed by atoms with Gasteiger partial charge in [-0.15, -0.1) is 0 Å². The summed E-state index contributed by atoms with van der Waals surface area (Å²) in [6, 6.07) is 0.359. The molecule has 3 N–H and O–H groups in total. The number of hydrogen-bond donors (Lipinski definition) is 3. The van der Waals surface area contributed by atoms with Crippen LogP contribution in [0.2, 0.25) is 0 Å². The molecule has 2 aliphatic rings. The van der Waals surface area contributed by atoms with Gasteiger partial charge in [-0.3, -0.25) is 4.68 Å². The highest BCUT2D eigenvalue weighted by atomic mass is 16.5. The van der Waals surface area contributed by atoms with Gasteiger partial charge in [0.1, 0.15) is 0 Å². The van der Waals surface area contributed by atoms with Crippen LogP contribution in [0.15, 0.2) is 12.4 Å². The van der Waals surface area contributed by atoms with E-state index in [9.17, 15) is 4.79 Å². The lowest BCUT2D eigenvalue weighted by Crippen LogP contribution is -2.38. The molecule has 1 aromatic heterocycles. The molecule has 7 nitrogen and oxygen atoms in total. The van der Waals surface area contributed by atoms with E-state index in [2.05, 4.69) is 21.0 Å². The molecule has 110 valence electrons. The Morgan fingerprint density at radius 2 is 2.25 bits per heavy atom. The Labute approximate surface area is 118 Å². The zero-order chi connectivity index (χ0) is 13.8. The van der Waals surface area contributed by atoms with E-state index in [1.54, 1.807) is 6.20 Å². The summed E-state index contributed by atoms with van der Waals surface area (Å²) in [6.07, 6.45) is 6.63. The Balaban J connectivity index is 1.52. The second-order valence-electron chi connectivity index (χ2n) is 5.35. The minimum Gasteiger partial charge on any atom is -0.379 e. The highest BCUT2D eigenvalue weighted by molar-refractivity contribution is 5.89. The minimum absolute atomic E-state index is 0.120. The SMILES string of the molecule is O=C(Nc1cnn(C2CCNCC2)c1)NC1CCOC1. The molecule has 0 aliphatic carbocycles. The van der Waals surface area contributed by atoms with Crippen molar-refractivity contribution in [3.63, 3.8) is 0 Å². The zero-order valence-electron chi connectivity index (χ0n) is 11.5. The van der Waals surface area contributed by atoms with Crippen LogP contribution >= 0.6 is 0 Å². The van der Waals surface area contributed by atoms with Crippen molar-refractivity contribution < 1.29 is 9.53 Å². The number of ether oxygens (including phenoxy) is 1. The Hall–Kier alpha value is -1.60. The van der Waals surface area contributed by atoms with Gasteiger partial charge in [0.15, 0.2) is 0 Å². The number of carbonyl (C=O) groups excluding carboxylic acids is 1. The molecule has 0 saturated carbocycles. The number of aromatic nitrogens is 2. The molecular weight excluding hydrogens is 258 g/mol. The third-order valence-electron chi connectivity index (χ3n) is 3.81. The number of hydrogen-bond acceptors (Lipinski definition) is 4. The topological polar surface area (TPSA) is 80.2 Å². The quantitative estimate of drug-likeness (QED) is 0.761. The van der Waals surface area contributed by atoms with Gasteiger partial charge in [0.25, 0.3) is 0 Å². The van der Waals surface area contributed by atoms with Crippen LogP contribution in [0.4, 0.5) is 10.5 Å². The standard InChI is InChI=1S/C13H21N5O2/c19-13(16-10-3-6-20-9-10)17-11-7-15-18(8-11)12-1-4-14-5-2-12/h7-8,10,12,14H,1-6,9H2,(H2,16,17,19). The van der Waals surface area contributed by atoms with Crippen LogP contribution in [0.25, 0.3) is 0 Å². The molecule has 7 heteroatoms. The predicted octanol–water partition coefficient (Wildman–Crippen LogP) is 0.718. The van der Waals surface area contributed by atoms with Crippen molar-refractivity contribution in [2.24, 2.45) is 0 Å². The maximum Gasteiger partial charge on any atom is 0.319 e. The van der Waals surface area contributed by atoms with Crippen molar-refractivity contribution in [2.75, 3.05) is 31.6 Å². The first-order chi connectivity index (χ1) is 9.81. The normalized spacial score (nSPS) is 23.7. The molecule has 2 fully saturated rings. The van der Waals surface area contributed by atoms with E-state index in [-0.39, 0.29) is 12.1 Å². The maximum atomic E-state index is 11.8.